The number of aromatic nitrogens is 1. The number of pyridine rings is 1. The van der Waals surface area contributed by atoms with Gasteiger partial charge in [-0.25, -0.2) is 0 Å². The molecule has 0 bridgehead atoms. The van der Waals surface area contributed by atoms with E-state index >= 15 is 0 Å². The Hall–Kier alpha value is -1.39. The third-order valence-electron chi connectivity index (χ3n) is 1.93. The second-order valence-corrected chi connectivity index (χ2v) is 3.59. The van der Waals surface area contributed by atoms with E-state index in [4.69, 9.17) is 23.2 Å². The maximum absolute atomic E-state index is 10.6. The van der Waals surface area contributed by atoms with Crippen LogP contribution in [0.25, 0.3) is 10.9 Å². The van der Waals surface area contributed by atoms with Crippen LogP contribution in [0, 0.1) is 10.1 Å². The minimum absolute atomic E-state index is 0.125. The first-order valence-corrected chi connectivity index (χ1v) is 4.75. The van der Waals surface area contributed by atoms with E-state index in [1.165, 1.54) is 0 Å². The first-order valence-electron chi connectivity index (χ1n) is 3.99. The number of rotatable bonds is 1. The van der Waals surface area contributed by atoms with Gasteiger partial charge in [0.25, 0.3) is 0 Å². The SMILES string of the molecule is O=[N+]([O-])c1nc2ccccc2c(Cl)c1Cl. The highest BCUT2D eigenvalue weighted by atomic mass is 35.5. The van der Waals surface area contributed by atoms with Crippen LogP contribution in [0.5, 0.6) is 0 Å². The molecule has 0 spiro atoms. The zero-order valence-corrected chi connectivity index (χ0v) is 8.79. The first kappa shape index (κ1) is 10.1. The van der Waals surface area contributed by atoms with Crippen LogP contribution >= 0.6 is 23.2 Å². The predicted molar refractivity (Wildman–Crippen MR) is 58.4 cm³/mol. The van der Waals surface area contributed by atoms with E-state index in [0.717, 1.165) is 0 Å². The fourth-order valence-corrected chi connectivity index (χ4v) is 1.71. The molecule has 0 aliphatic rings. The molecule has 1 aromatic carbocycles. The number of hydrogen-bond acceptors (Lipinski definition) is 3. The van der Waals surface area contributed by atoms with Gasteiger partial charge in [0.2, 0.25) is 0 Å². The summed E-state index contributed by atoms with van der Waals surface area (Å²) in [6, 6.07) is 6.84. The van der Waals surface area contributed by atoms with E-state index in [-0.39, 0.29) is 10.0 Å². The van der Waals surface area contributed by atoms with Gasteiger partial charge >= 0.3 is 5.82 Å². The highest BCUT2D eigenvalue weighted by molar-refractivity contribution is 6.46. The van der Waals surface area contributed by atoms with Gasteiger partial charge < -0.3 is 10.1 Å². The summed E-state index contributed by atoms with van der Waals surface area (Å²) in [5.41, 5.74) is 0.457. The van der Waals surface area contributed by atoms with Crippen molar-refractivity contribution in [1.82, 2.24) is 4.98 Å². The van der Waals surface area contributed by atoms with Crippen LogP contribution in [0.15, 0.2) is 24.3 Å². The number of benzene rings is 1. The van der Waals surface area contributed by atoms with E-state index in [9.17, 15) is 10.1 Å². The second-order valence-electron chi connectivity index (χ2n) is 2.84. The first-order chi connectivity index (χ1) is 7.11. The lowest BCUT2D eigenvalue weighted by Crippen LogP contribution is -1.94. The van der Waals surface area contributed by atoms with E-state index in [0.29, 0.717) is 10.9 Å². The van der Waals surface area contributed by atoms with Crippen molar-refractivity contribution in [2.75, 3.05) is 0 Å². The quantitative estimate of drug-likeness (QED) is 0.569. The van der Waals surface area contributed by atoms with Crippen LogP contribution < -0.4 is 0 Å². The number of para-hydroxylation sites is 1. The topological polar surface area (TPSA) is 56.0 Å². The largest absolute Gasteiger partial charge is 0.384 e. The Bertz CT molecular complexity index is 557. The van der Waals surface area contributed by atoms with Crippen molar-refractivity contribution in [3.63, 3.8) is 0 Å². The van der Waals surface area contributed by atoms with E-state index < -0.39 is 10.7 Å². The number of nitro groups is 1. The average molecular weight is 243 g/mol. The van der Waals surface area contributed by atoms with Crippen LogP contribution in [-0.2, 0) is 0 Å². The van der Waals surface area contributed by atoms with Crippen molar-refractivity contribution >= 4 is 39.9 Å². The molecule has 0 radical (unpaired) electrons. The van der Waals surface area contributed by atoms with Gasteiger partial charge in [-0.2, -0.15) is 0 Å². The summed E-state index contributed by atoms with van der Waals surface area (Å²) < 4.78 is 0. The Labute approximate surface area is 94.6 Å². The van der Waals surface area contributed by atoms with Gasteiger partial charge in [0, 0.05) is 5.39 Å². The zero-order valence-electron chi connectivity index (χ0n) is 7.28. The van der Waals surface area contributed by atoms with Gasteiger partial charge in [0.1, 0.15) is 0 Å². The molecule has 0 saturated carbocycles. The predicted octanol–water partition coefficient (Wildman–Crippen LogP) is 3.45. The minimum atomic E-state index is -0.652. The normalized spacial score (nSPS) is 10.5. The van der Waals surface area contributed by atoms with Crippen LogP contribution in [0.2, 0.25) is 10.0 Å². The van der Waals surface area contributed by atoms with E-state index in [1.54, 1.807) is 24.3 Å². The molecule has 1 aromatic heterocycles. The van der Waals surface area contributed by atoms with Crippen LogP contribution in [0.3, 0.4) is 0 Å². The Morgan fingerprint density at radius 2 is 1.87 bits per heavy atom. The van der Waals surface area contributed by atoms with Crippen LogP contribution in [0.4, 0.5) is 5.82 Å². The average Bonchev–Trinajstić information content (AvgIpc) is 2.23. The summed E-state index contributed by atoms with van der Waals surface area (Å²) in [7, 11) is 0. The molecule has 2 aromatic rings. The smallest absolute Gasteiger partial charge is 0.358 e. The fourth-order valence-electron chi connectivity index (χ4n) is 1.26. The van der Waals surface area contributed by atoms with Crippen molar-refractivity contribution in [2.45, 2.75) is 0 Å². The fraction of sp³-hybridized carbons (Fsp3) is 0. The molecule has 0 N–H and O–H groups in total. The van der Waals surface area contributed by atoms with E-state index in [1.807, 2.05) is 0 Å². The molecule has 0 aliphatic heterocycles. The van der Waals surface area contributed by atoms with Crippen LogP contribution in [0.1, 0.15) is 0 Å². The minimum Gasteiger partial charge on any atom is -0.358 e. The standard InChI is InChI=1S/C9H4Cl2N2O2/c10-7-5-3-1-2-4-6(5)12-9(8(7)11)13(14)15/h1-4H. The molecule has 4 nitrogen and oxygen atoms in total. The molecule has 0 amide bonds. The molecule has 6 heteroatoms. The number of halogens is 2. The highest BCUT2D eigenvalue weighted by Gasteiger charge is 2.20. The number of fused-ring (bicyclic) bond motifs is 1. The molecule has 0 saturated heterocycles. The Kier molecular flexibility index (Phi) is 2.46. The maximum Gasteiger partial charge on any atom is 0.384 e. The Morgan fingerprint density at radius 3 is 2.53 bits per heavy atom. The molecule has 76 valence electrons. The molecule has 2 rings (SSSR count). The van der Waals surface area contributed by atoms with Gasteiger partial charge in [0.15, 0.2) is 10.5 Å². The summed E-state index contributed by atoms with van der Waals surface area (Å²) in [5.74, 6) is -0.416. The Balaban J connectivity index is 2.88. The maximum atomic E-state index is 10.6. The molecule has 0 aliphatic carbocycles. The van der Waals surface area contributed by atoms with Gasteiger partial charge in [-0.15, -0.1) is 0 Å². The summed E-state index contributed by atoms with van der Waals surface area (Å²) in [6.45, 7) is 0. The lowest BCUT2D eigenvalue weighted by Gasteiger charge is -2.00. The molecule has 0 atom stereocenters. The highest BCUT2D eigenvalue weighted by Crippen LogP contribution is 2.35. The molecular weight excluding hydrogens is 239 g/mol. The summed E-state index contributed by atoms with van der Waals surface area (Å²) in [4.78, 5) is 13.8. The summed E-state index contributed by atoms with van der Waals surface area (Å²) >= 11 is 11.6. The van der Waals surface area contributed by atoms with Crippen molar-refractivity contribution in [2.24, 2.45) is 0 Å². The number of hydrogen-bond donors (Lipinski definition) is 0. The molecule has 0 unspecified atom stereocenters. The lowest BCUT2D eigenvalue weighted by atomic mass is 10.2. The zero-order chi connectivity index (χ0) is 11.0. The second kappa shape index (κ2) is 3.64. The summed E-state index contributed by atoms with van der Waals surface area (Å²) in [5, 5.41) is 11.3. The number of nitrogens with zero attached hydrogens (tertiary/aromatic N) is 2. The van der Waals surface area contributed by atoms with Crippen molar-refractivity contribution in [3.8, 4) is 0 Å². The Morgan fingerprint density at radius 1 is 1.20 bits per heavy atom. The van der Waals surface area contributed by atoms with Crippen molar-refractivity contribution < 1.29 is 4.92 Å². The molecule has 0 fully saturated rings. The molecule has 15 heavy (non-hydrogen) atoms. The van der Waals surface area contributed by atoms with Crippen LogP contribution in [-0.4, -0.2) is 9.91 Å². The lowest BCUT2D eigenvalue weighted by molar-refractivity contribution is -0.389. The van der Waals surface area contributed by atoms with Crippen molar-refractivity contribution in [1.29, 1.82) is 0 Å². The third kappa shape index (κ3) is 1.62. The van der Waals surface area contributed by atoms with Gasteiger partial charge in [-0.1, -0.05) is 35.3 Å². The van der Waals surface area contributed by atoms with E-state index in [2.05, 4.69) is 4.98 Å². The molecular formula is C9H4Cl2N2O2. The molecule has 1 heterocycles. The van der Waals surface area contributed by atoms with Gasteiger partial charge in [-0.3, -0.25) is 0 Å². The van der Waals surface area contributed by atoms with Crippen molar-refractivity contribution in [3.05, 3.63) is 44.4 Å². The third-order valence-corrected chi connectivity index (χ3v) is 2.78. The van der Waals surface area contributed by atoms with Gasteiger partial charge in [0.05, 0.1) is 5.02 Å². The van der Waals surface area contributed by atoms with Gasteiger partial charge in [-0.05, 0) is 22.0 Å². The summed E-state index contributed by atoms with van der Waals surface area (Å²) in [6.07, 6.45) is 0. The monoisotopic (exact) mass is 242 g/mol.